The van der Waals surface area contributed by atoms with Crippen LogP contribution in [0.2, 0.25) is 0 Å². The molecule has 1 aliphatic rings. The minimum absolute atomic E-state index is 0.0449. The molecule has 1 amide bonds. The Morgan fingerprint density at radius 3 is 2.71 bits per heavy atom. The van der Waals surface area contributed by atoms with Gasteiger partial charge in [0, 0.05) is 32.0 Å². The van der Waals surface area contributed by atoms with Crippen LogP contribution in [0.1, 0.15) is 44.0 Å². The average Bonchev–Trinajstić information content (AvgIpc) is 2.45. The topological polar surface area (TPSA) is 54.5 Å². The zero-order chi connectivity index (χ0) is 15.3. The summed E-state index contributed by atoms with van der Waals surface area (Å²) >= 11 is 0. The van der Waals surface area contributed by atoms with Gasteiger partial charge in [-0.1, -0.05) is 0 Å². The molecule has 1 aromatic heterocycles. The average molecular weight is 291 g/mol. The molecule has 5 nitrogen and oxygen atoms in total. The molecule has 116 valence electrons. The van der Waals surface area contributed by atoms with Crippen molar-refractivity contribution in [2.24, 2.45) is 5.92 Å². The number of nitrogens with zero attached hydrogens (tertiary/aromatic N) is 2. The van der Waals surface area contributed by atoms with E-state index in [1.54, 1.807) is 24.5 Å². The Hall–Kier alpha value is -1.46. The van der Waals surface area contributed by atoms with Gasteiger partial charge in [-0.25, -0.2) is 0 Å². The van der Waals surface area contributed by atoms with E-state index in [1.807, 2.05) is 5.06 Å². The molecule has 2 rings (SSSR count). The van der Waals surface area contributed by atoms with Gasteiger partial charge in [0.05, 0.1) is 11.2 Å². The second kappa shape index (κ2) is 7.00. The number of pyridine rings is 1. The number of amides is 1. The number of carbonyl (C=O) groups is 1. The fourth-order valence-corrected chi connectivity index (χ4v) is 2.43. The predicted molar refractivity (Wildman–Crippen MR) is 81.7 cm³/mol. The third kappa shape index (κ3) is 5.44. The van der Waals surface area contributed by atoms with Crippen LogP contribution in [0.3, 0.4) is 0 Å². The van der Waals surface area contributed by atoms with Gasteiger partial charge in [0.2, 0.25) is 0 Å². The van der Waals surface area contributed by atoms with Crippen LogP contribution in [0, 0.1) is 5.92 Å². The Morgan fingerprint density at radius 2 is 2.14 bits per heavy atom. The van der Waals surface area contributed by atoms with E-state index in [9.17, 15) is 4.79 Å². The van der Waals surface area contributed by atoms with Crippen LogP contribution in [0.5, 0.6) is 0 Å². The highest BCUT2D eigenvalue weighted by Gasteiger charge is 2.24. The van der Waals surface area contributed by atoms with Gasteiger partial charge in [-0.2, -0.15) is 5.06 Å². The first-order valence-corrected chi connectivity index (χ1v) is 7.56. The van der Waals surface area contributed by atoms with Crippen molar-refractivity contribution in [3.05, 3.63) is 30.1 Å². The van der Waals surface area contributed by atoms with Crippen molar-refractivity contribution in [2.45, 2.75) is 39.2 Å². The van der Waals surface area contributed by atoms with Gasteiger partial charge in [-0.3, -0.25) is 14.6 Å². The Balaban J connectivity index is 1.71. The molecule has 1 fully saturated rings. The van der Waals surface area contributed by atoms with Gasteiger partial charge in [0.25, 0.3) is 5.91 Å². The SMILES string of the molecule is CC(C)(C)ON1CCC(CNC(=O)c2cccnc2)CC1. The van der Waals surface area contributed by atoms with Crippen molar-refractivity contribution in [1.82, 2.24) is 15.4 Å². The number of hydrogen-bond donors (Lipinski definition) is 1. The molecule has 0 atom stereocenters. The second-order valence-corrected chi connectivity index (χ2v) is 6.53. The summed E-state index contributed by atoms with van der Waals surface area (Å²) < 4.78 is 0. The van der Waals surface area contributed by atoms with Crippen LogP contribution < -0.4 is 5.32 Å². The summed E-state index contributed by atoms with van der Waals surface area (Å²) in [4.78, 5) is 21.8. The molecule has 0 aliphatic carbocycles. The minimum Gasteiger partial charge on any atom is -0.352 e. The number of piperidine rings is 1. The maximum atomic E-state index is 12.0. The summed E-state index contributed by atoms with van der Waals surface area (Å²) in [7, 11) is 0. The maximum Gasteiger partial charge on any atom is 0.252 e. The molecule has 1 aliphatic heterocycles. The summed E-state index contributed by atoms with van der Waals surface area (Å²) in [6.45, 7) is 8.75. The normalized spacial score (nSPS) is 17.7. The summed E-state index contributed by atoms with van der Waals surface area (Å²) in [5, 5.41) is 5.03. The van der Waals surface area contributed by atoms with Crippen molar-refractivity contribution < 1.29 is 9.63 Å². The highest BCUT2D eigenvalue weighted by molar-refractivity contribution is 5.93. The lowest BCUT2D eigenvalue weighted by Crippen LogP contribution is -2.42. The molecule has 0 bridgehead atoms. The van der Waals surface area contributed by atoms with Crippen LogP contribution in [0.25, 0.3) is 0 Å². The van der Waals surface area contributed by atoms with E-state index < -0.39 is 0 Å². The molecule has 1 aromatic rings. The van der Waals surface area contributed by atoms with Gasteiger partial charge in [0.15, 0.2) is 0 Å². The molecule has 0 unspecified atom stereocenters. The van der Waals surface area contributed by atoms with E-state index >= 15 is 0 Å². The number of hydroxylamine groups is 2. The van der Waals surface area contributed by atoms with Crippen LogP contribution in [0.4, 0.5) is 0 Å². The molecule has 0 spiro atoms. The number of rotatable bonds is 4. The zero-order valence-corrected chi connectivity index (χ0v) is 13.1. The first-order valence-electron chi connectivity index (χ1n) is 7.56. The van der Waals surface area contributed by atoms with Crippen molar-refractivity contribution in [3.8, 4) is 0 Å². The molecule has 0 saturated carbocycles. The van der Waals surface area contributed by atoms with Crippen LogP contribution >= 0.6 is 0 Å². The first kappa shape index (κ1) is 15.9. The fourth-order valence-electron chi connectivity index (χ4n) is 2.43. The minimum atomic E-state index is -0.138. The Kier molecular flexibility index (Phi) is 5.31. The van der Waals surface area contributed by atoms with Crippen molar-refractivity contribution in [3.63, 3.8) is 0 Å². The van der Waals surface area contributed by atoms with Crippen molar-refractivity contribution in [2.75, 3.05) is 19.6 Å². The number of hydrogen-bond acceptors (Lipinski definition) is 4. The molecule has 1 saturated heterocycles. The summed E-state index contributed by atoms with van der Waals surface area (Å²) in [6.07, 6.45) is 5.35. The lowest BCUT2D eigenvalue weighted by atomic mass is 9.98. The molecule has 1 N–H and O–H groups in total. The summed E-state index contributed by atoms with van der Waals surface area (Å²) in [6, 6.07) is 3.55. The van der Waals surface area contributed by atoms with E-state index in [0.29, 0.717) is 11.5 Å². The second-order valence-electron chi connectivity index (χ2n) is 6.53. The van der Waals surface area contributed by atoms with Crippen molar-refractivity contribution >= 4 is 5.91 Å². The van der Waals surface area contributed by atoms with E-state index in [0.717, 1.165) is 32.5 Å². The van der Waals surface area contributed by atoms with E-state index in [1.165, 1.54) is 0 Å². The van der Waals surface area contributed by atoms with Gasteiger partial charge in [-0.15, -0.1) is 0 Å². The van der Waals surface area contributed by atoms with Gasteiger partial charge in [-0.05, 0) is 51.7 Å². The lowest BCUT2D eigenvalue weighted by Gasteiger charge is -2.35. The first-order chi connectivity index (χ1) is 9.94. The largest absolute Gasteiger partial charge is 0.352 e. The molecule has 5 heteroatoms. The molecular formula is C16H25N3O2. The highest BCUT2D eigenvalue weighted by Crippen LogP contribution is 2.20. The Morgan fingerprint density at radius 1 is 1.43 bits per heavy atom. The molecule has 2 heterocycles. The summed E-state index contributed by atoms with van der Waals surface area (Å²) in [5.41, 5.74) is 0.479. The van der Waals surface area contributed by atoms with E-state index in [4.69, 9.17) is 4.84 Å². The van der Waals surface area contributed by atoms with Gasteiger partial charge >= 0.3 is 0 Å². The third-order valence-corrected chi connectivity index (χ3v) is 3.45. The maximum absolute atomic E-state index is 12.0. The molecule has 21 heavy (non-hydrogen) atoms. The Bertz CT molecular complexity index is 448. The lowest BCUT2D eigenvalue weighted by molar-refractivity contribution is -0.238. The van der Waals surface area contributed by atoms with Gasteiger partial charge < -0.3 is 5.32 Å². The van der Waals surface area contributed by atoms with Crippen LogP contribution in [-0.4, -0.2) is 41.2 Å². The summed E-state index contributed by atoms with van der Waals surface area (Å²) in [5.74, 6) is 0.474. The molecular weight excluding hydrogens is 266 g/mol. The van der Waals surface area contributed by atoms with Crippen molar-refractivity contribution in [1.29, 1.82) is 0 Å². The highest BCUT2D eigenvalue weighted by atomic mass is 16.7. The number of carbonyl (C=O) groups excluding carboxylic acids is 1. The Labute approximate surface area is 126 Å². The molecule has 0 radical (unpaired) electrons. The predicted octanol–water partition coefficient (Wildman–Crippen LogP) is 2.25. The fraction of sp³-hybridized carbons (Fsp3) is 0.625. The number of nitrogens with one attached hydrogen (secondary N) is 1. The van der Waals surface area contributed by atoms with Crippen LogP contribution in [0.15, 0.2) is 24.5 Å². The third-order valence-electron chi connectivity index (χ3n) is 3.45. The van der Waals surface area contributed by atoms with E-state index in [-0.39, 0.29) is 11.5 Å². The standard InChI is InChI=1S/C16H25N3O2/c1-16(2,3)21-19-9-6-13(7-10-19)11-18-15(20)14-5-4-8-17-12-14/h4-5,8,12-13H,6-7,9-11H2,1-3H3,(H,18,20). The monoisotopic (exact) mass is 291 g/mol. The van der Waals surface area contributed by atoms with Gasteiger partial charge in [0.1, 0.15) is 0 Å². The quantitative estimate of drug-likeness (QED) is 0.924. The zero-order valence-electron chi connectivity index (χ0n) is 13.1. The smallest absolute Gasteiger partial charge is 0.252 e. The van der Waals surface area contributed by atoms with E-state index in [2.05, 4.69) is 31.1 Å². The number of aromatic nitrogens is 1. The molecule has 0 aromatic carbocycles. The van der Waals surface area contributed by atoms with Crippen LogP contribution in [-0.2, 0) is 4.84 Å².